The Morgan fingerprint density at radius 1 is 1.09 bits per heavy atom. The van der Waals surface area contributed by atoms with Gasteiger partial charge < -0.3 is 14.2 Å². The van der Waals surface area contributed by atoms with Gasteiger partial charge in [-0.05, 0) is 62.2 Å². The molecule has 0 spiro atoms. The summed E-state index contributed by atoms with van der Waals surface area (Å²) in [4.78, 5) is 30.3. The molecule has 0 aliphatic rings. The van der Waals surface area contributed by atoms with Crippen LogP contribution in [-0.2, 0) is 13.0 Å². The summed E-state index contributed by atoms with van der Waals surface area (Å²) in [5, 5.41) is 6.90. The average molecular weight is 441 g/mol. The first-order valence-electron chi connectivity index (χ1n) is 10.8. The zero-order valence-corrected chi connectivity index (χ0v) is 18.4. The van der Waals surface area contributed by atoms with Crippen LogP contribution in [0.2, 0.25) is 0 Å². The molecular weight excluding hydrogens is 418 g/mol. The first-order chi connectivity index (χ1) is 16.0. The highest BCUT2D eigenvalue weighted by Crippen LogP contribution is 2.16. The van der Waals surface area contributed by atoms with E-state index in [4.69, 9.17) is 4.52 Å². The molecule has 8 heteroatoms. The summed E-state index contributed by atoms with van der Waals surface area (Å²) < 4.78 is 8.68. The van der Waals surface area contributed by atoms with Crippen LogP contribution in [0.25, 0.3) is 16.7 Å². The lowest BCUT2D eigenvalue weighted by Gasteiger charge is -2.12. The van der Waals surface area contributed by atoms with Crippen LogP contribution in [0, 0.1) is 13.8 Å². The van der Waals surface area contributed by atoms with Gasteiger partial charge in [-0.15, -0.1) is 0 Å². The summed E-state index contributed by atoms with van der Waals surface area (Å²) in [7, 11) is 0. The molecule has 1 N–H and O–H groups in total. The van der Waals surface area contributed by atoms with Crippen LogP contribution in [0.3, 0.4) is 0 Å². The second kappa shape index (κ2) is 8.38. The van der Waals surface area contributed by atoms with Gasteiger partial charge in [0.25, 0.3) is 11.5 Å². The number of rotatable bonds is 6. The molecule has 0 bridgehead atoms. The van der Waals surface area contributed by atoms with Crippen LogP contribution in [0.1, 0.15) is 32.9 Å². The van der Waals surface area contributed by atoms with Gasteiger partial charge in [-0.2, -0.15) is 0 Å². The highest BCUT2D eigenvalue weighted by atomic mass is 16.5. The Bertz CT molecular complexity index is 1520. The minimum atomic E-state index is -0.166. The van der Waals surface area contributed by atoms with Crippen LogP contribution in [0.5, 0.6) is 0 Å². The van der Waals surface area contributed by atoms with Crippen molar-refractivity contribution >= 4 is 22.6 Å². The molecule has 0 unspecified atom stereocenters. The maximum atomic E-state index is 13.1. The number of nitrogens with zero attached hydrogens (tertiary/aromatic N) is 4. The Morgan fingerprint density at radius 3 is 2.76 bits per heavy atom. The number of benzene rings is 1. The van der Waals surface area contributed by atoms with Crippen molar-refractivity contribution in [2.75, 3.05) is 6.54 Å². The summed E-state index contributed by atoms with van der Waals surface area (Å²) in [6, 6.07) is 14.8. The number of fused-ring (bicyclic) bond motifs is 3. The van der Waals surface area contributed by atoms with Gasteiger partial charge in [-0.25, -0.2) is 4.98 Å². The van der Waals surface area contributed by atoms with Gasteiger partial charge in [0.2, 0.25) is 0 Å². The molecule has 33 heavy (non-hydrogen) atoms. The fraction of sp³-hybridized carbons (Fsp3) is 0.200. The number of nitrogens with one attached hydrogen (secondary N) is 1. The van der Waals surface area contributed by atoms with E-state index in [0.717, 1.165) is 28.1 Å². The van der Waals surface area contributed by atoms with Crippen LogP contribution in [0.15, 0.2) is 70.2 Å². The number of aromatic nitrogens is 4. The number of pyridine rings is 1. The third kappa shape index (κ3) is 3.80. The van der Waals surface area contributed by atoms with Crippen LogP contribution < -0.4 is 10.9 Å². The monoisotopic (exact) mass is 441 g/mol. The molecule has 0 saturated carbocycles. The first-order valence-corrected chi connectivity index (χ1v) is 10.8. The molecule has 0 atom stereocenters. The molecule has 8 nitrogen and oxygen atoms in total. The van der Waals surface area contributed by atoms with Crippen molar-refractivity contribution in [2.45, 2.75) is 26.8 Å². The minimum absolute atomic E-state index is 0.125. The number of hydrogen-bond donors (Lipinski definition) is 1. The van der Waals surface area contributed by atoms with E-state index >= 15 is 0 Å². The van der Waals surface area contributed by atoms with Gasteiger partial charge in [0, 0.05) is 30.1 Å². The van der Waals surface area contributed by atoms with Gasteiger partial charge >= 0.3 is 0 Å². The molecule has 4 heterocycles. The average Bonchev–Trinajstić information content (AvgIpc) is 3.44. The molecule has 0 aliphatic heterocycles. The van der Waals surface area contributed by atoms with Gasteiger partial charge in [-0.3, -0.25) is 14.2 Å². The predicted molar refractivity (Wildman–Crippen MR) is 125 cm³/mol. The van der Waals surface area contributed by atoms with Crippen molar-refractivity contribution in [3.8, 4) is 0 Å². The molecule has 0 aliphatic carbocycles. The fourth-order valence-corrected chi connectivity index (χ4v) is 4.19. The largest absolute Gasteiger partial charge is 0.361 e. The Labute approximate surface area is 189 Å². The van der Waals surface area contributed by atoms with E-state index in [1.165, 1.54) is 0 Å². The van der Waals surface area contributed by atoms with Crippen molar-refractivity contribution in [1.82, 2.24) is 24.4 Å². The second-order valence-corrected chi connectivity index (χ2v) is 8.01. The van der Waals surface area contributed by atoms with Crippen molar-refractivity contribution in [3.63, 3.8) is 0 Å². The molecule has 0 saturated heterocycles. The summed E-state index contributed by atoms with van der Waals surface area (Å²) >= 11 is 0. The molecule has 4 aromatic heterocycles. The fourth-order valence-electron chi connectivity index (χ4n) is 4.19. The highest BCUT2D eigenvalue weighted by molar-refractivity contribution is 5.94. The summed E-state index contributed by atoms with van der Waals surface area (Å²) in [5.74, 6) is 0.607. The van der Waals surface area contributed by atoms with Crippen molar-refractivity contribution in [1.29, 1.82) is 0 Å². The zero-order chi connectivity index (χ0) is 22.9. The minimum Gasteiger partial charge on any atom is -0.361 e. The number of aryl methyl sites for hydroxylation is 2. The Kier molecular flexibility index (Phi) is 5.26. The lowest BCUT2D eigenvalue weighted by atomic mass is 10.1. The topological polar surface area (TPSA) is 94.4 Å². The van der Waals surface area contributed by atoms with Crippen LogP contribution >= 0.6 is 0 Å². The third-order valence-corrected chi connectivity index (χ3v) is 5.87. The Morgan fingerprint density at radius 2 is 1.94 bits per heavy atom. The lowest BCUT2D eigenvalue weighted by Crippen LogP contribution is -2.26. The van der Waals surface area contributed by atoms with E-state index in [-0.39, 0.29) is 11.5 Å². The molecule has 166 valence electrons. The normalized spacial score (nSPS) is 11.3. The van der Waals surface area contributed by atoms with Crippen molar-refractivity contribution in [3.05, 3.63) is 99.4 Å². The Hall–Kier alpha value is -4.20. The summed E-state index contributed by atoms with van der Waals surface area (Å²) in [5.41, 5.74) is 5.16. The molecule has 1 aromatic carbocycles. The predicted octanol–water partition coefficient (Wildman–Crippen LogP) is 3.27. The quantitative estimate of drug-likeness (QED) is 0.436. The van der Waals surface area contributed by atoms with E-state index in [0.29, 0.717) is 36.2 Å². The SMILES string of the molecule is Cc1noc(C)c1CCNC(=O)c1cccc(Cn2c(=O)c3cccn3c3cccnc32)c1. The van der Waals surface area contributed by atoms with Crippen molar-refractivity contribution < 1.29 is 9.32 Å². The van der Waals surface area contributed by atoms with Gasteiger partial charge in [-0.1, -0.05) is 17.3 Å². The number of hydrogen-bond acceptors (Lipinski definition) is 5. The van der Waals surface area contributed by atoms with E-state index in [1.807, 2.05) is 60.8 Å². The summed E-state index contributed by atoms with van der Waals surface area (Å²) in [6.45, 7) is 4.55. The van der Waals surface area contributed by atoms with Crippen LogP contribution in [-0.4, -0.2) is 31.6 Å². The van der Waals surface area contributed by atoms with Gasteiger partial charge in [0.05, 0.1) is 17.8 Å². The van der Waals surface area contributed by atoms with E-state index in [9.17, 15) is 9.59 Å². The van der Waals surface area contributed by atoms with E-state index in [1.54, 1.807) is 22.9 Å². The molecule has 5 aromatic rings. The lowest BCUT2D eigenvalue weighted by molar-refractivity contribution is 0.0954. The number of amides is 1. The Balaban J connectivity index is 1.39. The van der Waals surface area contributed by atoms with E-state index < -0.39 is 0 Å². The van der Waals surface area contributed by atoms with Gasteiger partial charge in [0.15, 0.2) is 5.65 Å². The zero-order valence-electron chi connectivity index (χ0n) is 18.4. The molecule has 1 amide bonds. The second-order valence-electron chi connectivity index (χ2n) is 8.01. The molecular formula is C25H23N5O3. The molecule has 0 fully saturated rings. The standard InChI is InChI=1S/C25H23N5O3/c1-16-20(17(2)33-28-16)10-12-27-24(31)19-7-3-6-18(14-19)15-30-23-21(8-4-11-26-23)29-13-5-9-22(29)25(30)32/h3-9,11,13-14H,10,12,15H2,1-2H3,(H,27,31). The summed E-state index contributed by atoms with van der Waals surface area (Å²) in [6.07, 6.45) is 4.19. The maximum Gasteiger partial charge on any atom is 0.276 e. The molecule has 0 radical (unpaired) electrons. The van der Waals surface area contributed by atoms with E-state index in [2.05, 4.69) is 15.5 Å². The smallest absolute Gasteiger partial charge is 0.276 e. The number of carbonyl (C=O) groups excluding carboxylic acids is 1. The van der Waals surface area contributed by atoms with Crippen molar-refractivity contribution in [2.24, 2.45) is 0 Å². The molecule has 5 rings (SSSR count). The number of carbonyl (C=O) groups is 1. The van der Waals surface area contributed by atoms with Crippen LogP contribution in [0.4, 0.5) is 0 Å². The maximum absolute atomic E-state index is 13.1. The van der Waals surface area contributed by atoms with Gasteiger partial charge in [0.1, 0.15) is 11.3 Å². The third-order valence-electron chi connectivity index (χ3n) is 5.87. The highest BCUT2D eigenvalue weighted by Gasteiger charge is 2.14. The first kappa shape index (κ1) is 20.7.